The molecule has 0 aliphatic heterocycles. The first kappa shape index (κ1) is 23.1. The van der Waals surface area contributed by atoms with E-state index in [1.807, 2.05) is 0 Å². The van der Waals surface area contributed by atoms with Crippen molar-refractivity contribution in [1.82, 2.24) is 0 Å². The maximum absolute atomic E-state index is 2.62. The molecule has 174 valence electrons. The van der Waals surface area contributed by atoms with E-state index < -0.39 is 8.07 Å². The van der Waals surface area contributed by atoms with Gasteiger partial charge in [-0.1, -0.05) is 116 Å². The predicted octanol–water partition coefficient (Wildman–Crippen LogP) is 8.90. The Hall–Kier alpha value is -2.64. The fourth-order valence-corrected chi connectivity index (χ4v) is 10.5. The van der Waals surface area contributed by atoms with Gasteiger partial charge in [0.05, 0.1) is 8.07 Å². The summed E-state index contributed by atoms with van der Waals surface area (Å²) in [7, 11) is -1.99. The average Bonchev–Trinajstić information content (AvgIpc) is 3.29. The summed E-state index contributed by atoms with van der Waals surface area (Å²) < 4.78 is 0. The van der Waals surface area contributed by atoms with E-state index in [9.17, 15) is 0 Å². The van der Waals surface area contributed by atoms with Gasteiger partial charge in [-0.3, -0.25) is 0 Å². The summed E-state index contributed by atoms with van der Waals surface area (Å²) in [6.07, 6.45) is 2.55. The molecule has 5 rings (SSSR count). The van der Waals surface area contributed by atoms with Gasteiger partial charge in [0.15, 0.2) is 0 Å². The van der Waals surface area contributed by atoms with E-state index in [0.717, 1.165) is 0 Å². The number of fused-ring (bicyclic) bond motifs is 2. The van der Waals surface area contributed by atoms with E-state index in [1.165, 1.54) is 38.6 Å². The Labute approximate surface area is 207 Å². The van der Waals surface area contributed by atoms with Crippen LogP contribution in [-0.4, -0.2) is 8.07 Å². The monoisotopic (exact) mass is 462 g/mol. The van der Waals surface area contributed by atoms with Gasteiger partial charge in [0, 0.05) is 11.5 Å². The van der Waals surface area contributed by atoms with Crippen LogP contribution in [0, 0.1) is 5.92 Å². The zero-order valence-electron chi connectivity index (χ0n) is 22.1. The molecule has 0 saturated carbocycles. The second-order valence-electron chi connectivity index (χ2n) is 11.4. The SMILES string of the molecule is CC1=C(C)C(C2=Cc3ccccc3C2[Si](C)(C)c2cc(C(C)C)cc3ccccc23)C(C)=C1C. The Morgan fingerprint density at radius 2 is 1.38 bits per heavy atom. The van der Waals surface area contributed by atoms with Crippen molar-refractivity contribution < 1.29 is 0 Å². The third kappa shape index (κ3) is 3.40. The summed E-state index contributed by atoms with van der Waals surface area (Å²) in [5.41, 5.74) is 12.6. The van der Waals surface area contributed by atoms with Gasteiger partial charge >= 0.3 is 0 Å². The number of benzene rings is 3. The second-order valence-corrected chi connectivity index (χ2v) is 16.0. The standard InChI is InChI=1S/C33H38Si/c1-20(2)27-17-25-13-9-11-15-28(25)31(19-27)34(7,8)33-29-16-12-10-14-26(29)18-30(33)32-23(5)21(3)22(4)24(32)6/h9-20,32-33H,1-8H3. The first-order valence-corrected chi connectivity index (χ1v) is 15.9. The zero-order chi connectivity index (χ0) is 24.4. The summed E-state index contributed by atoms with van der Waals surface area (Å²) in [5, 5.41) is 4.45. The molecule has 0 fully saturated rings. The second kappa shape index (κ2) is 8.24. The lowest BCUT2D eigenvalue weighted by Gasteiger charge is -2.37. The van der Waals surface area contributed by atoms with Crippen LogP contribution in [0.1, 0.15) is 69.7 Å². The smallest absolute Gasteiger partial charge is 0.0647 e. The molecular formula is C33H38Si. The van der Waals surface area contributed by atoms with Gasteiger partial charge in [0.1, 0.15) is 0 Å². The van der Waals surface area contributed by atoms with Crippen molar-refractivity contribution in [3.8, 4) is 0 Å². The highest BCUT2D eigenvalue weighted by Gasteiger charge is 2.45. The number of allylic oxidation sites excluding steroid dienone is 5. The van der Waals surface area contributed by atoms with Crippen LogP contribution in [0.4, 0.5) is 0 Å². The minimum absolute atomic E-state index is 0.434. The molecular weight excluding hydrogens is 424 g/mol. The summed E-state index contributed by atoms with van der Waals surface area (Å²) in [4.78, 5) is 0. The minimum atomic E-state index is -1.99. The maximum Gasteiger partial charge on any atom is 0.0931 e. The molecule has 0 bridgehead atoms. The maximum atomic E-state index is 2.62. The van der Waals surface area contributed by atoms with Crippen molar-refractivity contribution >= 4 is 30.1 Å². The van der Waals surface area contributed by atoms with Crippen molar-refractivity contribution in [3.63, 3.8) is 0 Å². The van der Waals surface area contributed by atoms with E-state index in [2.05, 4.69) is 121 Å². The zero-order valence-corrected chi connectivity index (χ0v) is 23.1. The lowest BCUT2D eigenvalue weighted by atomic mass is 9.87. The molecule has 1 atom stereocenters. The van der Waals surface area contributed by atoms with Gasteiger partial charge in [0.25, 0.3) is 0 Å². The van der Waals surface area contributed by atoms with Crippen LogP contribution in [0.5, 0.6) is 0 Å². The molecule has 0 spiro atoms. The summed E-state index contributed by atoms with van der Waals surface area (Å²) >= 11 is 0. The lowest BCUT2D eigenvalue weighted by molar-refractivity contribution is 0.804. The van der Waals surface area contributed by atoms with Crippen LogP contribution in [0.15, 0.2) is 88.5 Å². The van der Waals surface area contributed by atoms with Crippen LogP contribution in [-0.2, 0) is 0 Å². The molecule has 0 radical (unpaired) electrons. The summed E-state index contributed by atoms with van der Waals surface area (Å²) in [6.45, 7) is 19.2. The first-order valence-electron chi connectivity index (χ1n) is 12.8. The molecule has 3 aromatic rings. The fourth-order valence-electron chi connectivity index (χ4n) is 6.61. The molecule has 0 nitrogen and oxygen atoms in total. The van der Waals surface area contributed by atoms with Crippen LogP contribution in [0.3, 0.4) is 0 Å². The number of rotatable bonds is 4. The van der Waals surface area contributed by atoms with E-state index in [4.69, 9.17) is 0 Å². The van der Waals surface area contributed by atoms with Crippen molar-refractivity contribution in [2.24, 2.45) is 5.92 Å². The number of hydrogen-bond acceptors (Lipinski definition) is 0. The third-order valence-corrected chi connectivity index (χ3v) is 12.8. The van der Waals surface area contributed by atoms with Crippen LogP contribution < -0.4 is 5.19 Å². The van der Waals surface area contributed by atoms with Crippen molar-refractivity contribution in [1.29, 1.82) is 0 Å². The van der Waals surface area contributed by atoms with E-state index in [0.29, 0.717) is 17.4 Å². The molecule has 2 aliphatic rings. The van der Waals surface area contributed by atoms with Gasteiger partial charge in [-0.05, 0) is 72.2 Å². The van der Waals surface area contributed by atoms with E-state index >= 15 is 0 Å². The highest BCUT2D eigenvalue weighted by molar-refractivity contribution is 6.93. The van der Waals surface area contributed by atoms with Crippen LogP contribution in [0.25, 0.3) is 16.8 Å². The van der Waals surface area contributed by atoms with Crippen molar-refractivity contribution in [2.75, 3.05) is 0 Å². The van der Waals surface area contributed by atoms with Gasteiger partial charge in [-0.2, -0.15) is 0 Å². The Balaban J connectivity index is 1.76. The molecule has 0 saturated heterocycles. The van der Waals surface area contributed by atoms with Gasteiger partial charge in [-0.15, -0.1) is 0 Å². The van der Waals surface area contributed by atoms with Gasteiger partial charge in [-0.25, -0.2) is 0 Å². The Morgan fingerprint density at radius 1 is 0.765 bits per heavy atom. The van der Waals surface area contributed by atoms with E-state index in [-0.39, 0.29) is 0 Å². The topological polar surface area (TPSA) is 0 Å². The lowest BCUT2D eigenvalue weighted by Crippen LogP contribution is -2.49. The van der Waals surface area contributed by atoms with Crippen molar-refractivity contribution in [2.45, 2.75) is 66.1 Å². The van der Waals surface area contributed by atoms with E-state index in [1.54, 1.807) is 21.9 Å². The largest absolute Gasteiger partial charge is 0.0931 e. The molecule has 0 N–H and O–H groups in total. The molecule has 0 aromatic heterocycles. The molecule has 1 heteroatoms. The highest BCUT2D eigenvalue weighted by Crippen LogP contribution is 2.52. The van der Waals surface area contributed by atoms with Gasteiger partial charge < -0.3 is 0 Å². The number of hydrogen-bond donors (Lipinski definition) is 0. The predicted molar refractivity (Wildman–Crippen MR) is 153 cm³/mol. The third-order valence-electron chi connectivity index (χ3n) is 8.87. The van der Waals surface area contributed by atoms with Crippen LogP contribution >= 0.6 is 0 Å². The van der Waals surface area contributed by atoms with Crippen LogP contribution in [0.2, 0.25) is 13.1 Å². The molecule has 0 heterocycles. The average molecular weight is 463 g/mol. The molecule has 34 heavy (non-hydrogen) atoms. The molecule has 0 amide bonds. The van der Waals surface area contributed by atoms with Gasteiger partial charge in [0.2, 0.25) is 0 Å². The Bertz CT molecular complexity index is 1370. The quantitative estimate of drug-likeness (QED) is 0.340. The first-order chi connectivity index (χ1) is 16.1. The normalized spacial score (nSPS) is 19.0. The molecule has 2 aliphatic carbocycles. The fraction of sp³-hybridized carbons (Fsp3) is 0.333. The Morgan fingerprint density at radius 3 is 2.06 bits per heavy atom. The summed E-state index contributed by atoms with van der Waals surface area (Å²) in [6, 6.07) is 23.2. The highest BCUT2D eigenvalue weighted by atomic mass is 28.3. The molecule has 3 aromatic carbocycles. The van der Waals surface area contributed by atoms with Crippen molar-refractivity contribution in [3.05, 3.63) is 105 Å². The minimum Gasteiger partial charge on any atom is -0.0647 e. The summed E-state index contributed by atoms with van der Waals surface area (Å²) in [5.74, 6) is 0.957. The Kier molecular flexibility index (Phi) is 5.60. The molecule has 1 unspecified atom stereocenters.